The summed E-state index contributed by atoms with van der Waals surface area (Å²) in [6.07, 6.45) is -3.37. The predicted molar refractivity (Wildman–Crippen MR) is 66.1 cm³/mol. The number of hydrogen-bond acceptors (Lipinski definition) is 5. The van der Waals surface area contributed by atoms with Crippen molar-refractivity contribution >= 4 is 28.4 Å². The van der Waals surface area contributed by atoms with E-state index in [-0.39, 0.29) is 5.82 Å². The van der Waals surface area contributed by atoms with Crippen LogP contribution in [-0.4, -0.2) is 33.0 Å². The van der Waals surface area contributed by atoms with Gasteiger partial charge in [-0.05, 0) is 29.5 Å². The van der Waals surface area contributed by atoms with Crippen molar-refractivity contribution in [2.45, 2.75) is 31.5 Å². The molecule has 0 radical (unpaired) electrons. The van der Waals surface area contributed by atoms with Crippen LogP contribution in [0.2, 0.25) is 0 Å². The second-order valence-corrected chi connectivity index (χ2v) is 4.99. The Labute approximate surface area is 110 Å². The number of nitrogens with two attached hydrogens (primary N) is 1. The Hall–Kier alpha value is -0.740. The molecule has 0 aliphatic carbocycles. The molecule has 0 spiro atoms. The second-order valence-electron chi connectivity index (χ2n) is 3.83. The summed E-state index contributed by atoms with van der Waals surface area (Å²) in [5.74, 6) is 0.0915. The molecule has 0 saturated carbocycles. The van der Waals surface area contributed by atoms with Crippen molar-refractivity contribution in [3.8, 4) is 0 Å². The molecule has 4 atom stereocenters. The van der Waals surface area contributed by atoms with Gasteiger partial charge in [0.25, 0.3) is 0 Å². The zero-order chi connectivity index (χ0) is 12.7. The van der Waals surface area contributed by atoms with Crippen molar-refractivity contribution in [2.24, 2.45) is 0 Å². The summed E-state index contributed by atoms with van der Waals surface area (Å²) < 4.78 is 20.5. The lowest BCUT2D eigenvalue weighted by atomic mass is 10.2. The van der Waals surface area contributed by atoms with E-state index in [1.54, 1.807) is 0 Å². The topological polar surface area (TPSA) is 90.4 Å². The van der Waals surface area contributed by atoms with Crippen molar-refractivity contribution in [2.75, 3.05) is 5.73 Å². The summed E-state index contributed by atoms with van der Waals surface area (Å²) in [5, 5.41) is 9.45. The lowest BCUT2D eigenvalue weighted by Gasteiger charge is -2.16. The van der Waals surface area contributed by atoms with Gasteiger partial charge in [0, 0.05) is 6.20 Å². The number of hydrogen-bond donors (Lipinski definition) is 2. The number of rotatable bonds is 1. The van der Waals surface area contributed by atoms with Gasteiger partial charge in [-0.1, -0.05) is 0 Å². The molecule has 1 aliphatic rings. The smallest absolute Gasteiger partial charge is 0.351 e. The molecule has 6 nitrogen and oxygen atoms in total. The molecule has 0 amide bonds. The molecule has 0 bridgehead atoms. The van der Waals surface area contributed by atoms with Crippen LogP contribution >= 0.6 is 22.6 Å². The first-order valence-electron chi connectivity index (χ1n) is 4.93. The molecule has 0 aromatic carbocycles. The van der Waals surface area contributed by atoms with E-state index in [1.165, 1.54) is 13.1 Å². The van der Waals surface area contributed by atoms with Crippen molar-refractivity contribution in [1.29, 1.82) is 0 Å². The van der Waals surface area contributed by atoms with Crippen LogP contribution in [0.5, 0.6) is 0 Å². The SMILES string of the molecule is C[C@H]1O[C@@H](n2cc(I)c(N)nc2=O)[C@@H](F)[C@@H]1O. The van der Waals surface area contributed by atoms with Crippen LogP contribution in [0.25, 0.3) is 0 Å². The summed E-state index contributed by atoms with van der Waals surface area (Å²) >= 11 is 1.88. The van der Waals surface area contributed by atoms with E-state index < -0.39 is 30.3 Å². The Kier molecular flexibility index (Phi) is 3.36. The minimum Gasteiger partial charge on any atom is -0.387 e. The van der Waals surface area contributed by atoms with E-state index in [0.717, 1.165) is 4.57 Å². The molecule has 2 rings (SSSR count). The fourth-order valence-electron chi connectivity index (χ4n) is 1.66. The fourth-order valence-corrected chi connectivity index (χ4v) is 2.08. The van der Waals surface area contributed by atoms with E-state index in [1.807, 2.05) is 22.6 Å². The highest BCUT2D eigenvalue weighted by Gasteiger charge is 2.43. The van der Waals surface area contributed by atoms with Crippen molar-refractivity contribution in [3.63, 3.8) is 0 Å². The largest absolute Gasteiger partial charge is 0.387 e. The molecule has 1 aliphatic heterocycles. The van der Waals surface area contributed by atoms with Crippen molar-refractivity contribution in [3.05, 3.63) is 20.3 Å². The van der Waals surface area contributed by atoms with Crippen molar-refractivity contribution < 1.29 is 14.2 Å². The standard InChI is InChI=1S/C9H11FIN3O3/c1-3-6(15)5(10)8(17-3)14-2-4(11)7(12)13-9(14)16/h2-3,5-6,8,15H,1H3,(H2,12,13,16)/t3-,5+,6-,8-/m1/s1. The summed E-state index contributed by atoms with van der Waals surface area (Å²) in [6, 6.07) is 0. The van der Waals surface area contributed by atoms with Gasteiger partial charge in [-0.2, -0.15) is 4.98 Å². The highest BCUT2D eigenvalue weighted by atomic mass is 127. The van der Waals surface area contributed by atoms with Gasteiger partial charge in [0.2, 0.25) is 0 Å². The first-order valence-corrected chi connectivity index (χ1v) is 6.01. The maximum absolute atomic E-state index is 13.7. The monoisotopic (exact) mass is 355 g/mol. The van der Waals surface area contributed by atoms with Gasteiger partial charge in [0.1, 0.15) is 11.9 Å². The molecule has 3 N–H and O–H groups in total. The second kappa shape index (κ2) is 4.50. The lowest BCUT2D eigenvalue weighted by Crippen LogP contribution is -2.33. The van der Waals surface area contributed by atoms with Gasteiger partial charge in [-0.15, -0.1) is 0 Å². The number of nitrogens with zero attached hydrogens (tertiary/aromatic N) is 2. The highest BCUT2D eigenvalue weighted by molar-refractivity contribution is 14.1. The normalized spacial score (nSPS) is 32.9. The fraction of sp³-hybridized carbons (Fsp3) is 0.556. The third-order valence-electron chi connectivity index (χ3n) is 2.64. The number of aliphatic hydroxyl groups is 1. The van der Waals surface area contributed by atoms with Gasteiger partial charge < -0.3 is 15.6 Å². The minimum absolute atomic E-state index is 0.0915. The van der Waals surface area contributed by atoms with E-state index in [9.17, 15) is 14.3 Å². The van der Waals surface area contributed by atoms with Crippen LogP contribution in [0.1, 0.15) is 13.2 Å². The molecular weight excluding hydrogens is 344 g/mol. The van der Waals surface area contributed by atoms with Crippen LogP contribution in [-0.2, 0) is 4.74 Å². The van der Waals surface area contributed by atoms with Crippen LogP contribution in [0.4, 0.5) is 10.2 Å². The molecule has 2 heterocycles. The Bertz CT molecular complexity index is 495. The van der Waals surface area contributed by atoms with E-state index in [0.29, 0.717) is 3.57 Å². The quantitative estimate of drug-likeness (QED) is 0.695. The van der Waals surface area contributed by atoms with E-state index in [2.05, 4.69) is 4.98 Å². The van der Waals surface area contributed by atoms with Crippen LogP contribution in [0, 0.1) is 3.57 Å². The predicted octanol–water partition coefficient (Wildman–Crippen LogP) is 0.0464. The maximum Gasteiger partial charge on any atom is 0.351 e. The average molecular weight is 355 g/mol. The molecule has 94 valence electrons. The zero-order valence-electron chi connectivity index (χ0n) is 8.88. The number of halogens is 2. The molecule has 17 heavy (non-hydrogen) atoms. The number of aliphatic hydroxyl groups excluding tert-OH is 1. The summed E-state index contributed by atoms with van der Waals surface area (Å²) in [5.41, 5.74) is 4.76. The van der Waals surface area contributed by atoms with Crippen LogP contribution in [0.15, 0.2) is 11.0 Å². The Morgan fingerprint density at radius 3 is 2.88 bits per heavy atom. The molecule has 1 saturated heterocycles. The van der Waals surface area contributed by atoms with Gasteiger partial charge in [-0.3, -0.25) is 4.57 Å². The summed E-state index contributed by atoms with van der Waals surface area (Å²) in [7, 11) is 0. The Morgan fingerprint density at radius 2 is 2.35 bits per heavy atom. The lowest BCUT2D eigenvalue weighted by molar-refractivity contribution is -0.0185. The number of ether oxygens (including phenoxy) is 1. The zero-order valence-corrected chi connectivity index (χ0v) is 11.0. The average Bonchev–Trinajstić information content (AvgIpc) is 2.51. The number of nitrogen functional groups attached to an aromatic ring is 1. The van der Waals surface area contributed by atoms with Gasteiger partial charge in [0.05, 0.1) is 9.67 Å². The van der Waals surface area contributed by atoms with Gasteiger partial charge in [0.15, 0.2) is 12.4 Å². The molecular formula is C9H11FIN3O3. The number of alkyl halides is 1. The van der Waals surface area contributed by atoms with E-state index in [4.69, 9.17) is 10.5 Å². The van der Waals surface area contributed by atoms with Gasteiger partial charge >= 0.3 is 5.69 Å². The number of aromatic nitrogens is 2. The maximum atomic E-state index is 13.7. The van der Waals surface area contributed by atoms with Crippen LogP contribution < -0.4 is 11.4 Å². The minimum atomic E-state index is -1.66. The Morgan fingerprint density at radius 1 is 1.71 bits per heavy atom. The molecule has 1 fully saturated rings. The number of anilines is 1. The van der Waals surface area contributed by atoms with Gasteiger partial charge in [-0.25, -0.2) is 9.18 Å². The molecule has 1 aromatic rings. The third-order valence-corrected chi connectivity index (χ3v) is 3.47. The third kappa shape index (κ3) is 2.16. The molecule has 8 heteroatoms. The van der Waals surface area contributed by atoms with Crippen molar-refractivity contribution in [1.82, 2.24) is 9.55 Å². The van der Waals surface area contributed by atoms with Crippen LogP contribution in [0.3, 0.4) is 0 Å². The molecule has 1 aromatic heterocycles. The summed E-state index contributed by atoms with van der Waals surface area (Å²) in [4.78, 5) is 15.1. The summed E-state index contributed by atoms with van der Waals surface area (Å²) in [6.45, 7) is 1.54. The highest BCUT2D eigenvalue weighted by Crippen LogP contribution is 2.30. The van der Waals surface area contributed by atoms with E-state index >= 15 is 0 Å². The molecule has 0 unspecified atom stereocenters. The first-order chi connectivity index (χ1) is 7.91. The Balaban J connectivity index is 2.42. The first kappa shape index (κ1) is 12.7.